The zero-order chi connectivity index (χ0) is 16.1. The van der Waals surface area contributed by atoms with E-state index < -0.39 is 0 Å². The van der Waals surface area contributed by atoms with Crippen LogP contribution in [0.4, 0.5) is 10.5 Å². The van der Waals surface area contributed by atoms with Crippen LogP contribution < -0.4 is 10.2 Å². The maximum absolute atomic E-state index is 12.2. The number of hydrogen-bond acceptors (Lipinski definition) is 3. The van der Waals surface area contributed by atoms with Gasteiger partial charge in [-0.15, -0.1) is 0 Å². The van der Waals surface area contributed by atoms with Gasteiger partial charge < -0.3 is 19.5 Å². The summed E-state index contributed by atoms with van der Waals surface area (Å²) in [6.45, 7) is 5.79. The van der Waals surface area contributed by atoms with Crippen LogP contribution in [-0.2, 0) is 13.0 Å². The summed E-state index contributed by atoms with van der Waals surface area (Å²) >= 11 is 0. The maximum Gasteiger partial charge on any atom is 0.317 e. The first-order valence-electron chi connectivity index (χ1n) is 8.15. The number of nitrogens with one attached hydrogen (secondary N) is 1. The van der Waals surface area contributed by atoms with Gasteiger partial charge in [-0.1, -0.05) is 19.1 Å². The van der Waals surface area contributed by atoms with Crippen molar-refractivity contribution in [2.45, 2.75) is 19.9 Å². The molecule has 122 valence electrons. The summed E-state index contributed by atoms with van der Waals surface area (Å²) in [4.78, 5) is 16.4. The highest BCUT2D eigenvalue weighted by Crippen LogP contribution is 2.17. The second-order valence-electron chi connectivity index (χ2n) is 5.73. The van der Waals surface area contributed by atoms with Gasteiger partial charge in [0.2, 0.25) is 0 Å². The second-order valence-corrected chi connectivity index (χ2v) is 5.73. The number of carbonyl (C=O) groups is 1. The number of carbonyl (C=O) groups excluding carboxylic acids is 1. The summed E-state index contributed by atoms with van der Waals surface area (Å²) in [5.74, 6) is 0.771. The fourth-order valence-electron chi connectivity index (χ4n) is 2.80. The Bertz CT molecular complexity index is 614. The van der Waals surface area contributed by atoms with Crippen molar-refractivity contribution in [3.05, 3.63) is 54.0 Å². The van der Waals surface area contributed by atoms with Crippen molar-refractivity contribution in [2.75, 3.05) is 31.1 Å². The molecule has 0 spiro atoms. The van der Waals surface area contributed by atoms with E-state index in [4.69, 9.17) is 4.42 Å². The summed E-state index contributed by atoms with van der Waals surface area (Å²) in [6.07, 6.45) is 2.67. The van der Waals surface area contributed by atoms with Gasteiger partial charge >= 0.3 is 6.03 Å². The third-order valence-electron chi connectivity index (χ3n) is 4.27. The SMILES string of the molecule is CCc1ccc(N2CCN(C(=O)NCc3ccco3)CC2)cc1. The second kappa shape index (κ2) is 7.22. The molecule has 5 nitrogen and oxygen atoms in total. The van der Waals surface area contributed by atoms with E-state index in [0.717, 1.165) is 38.4 Å². The topological polar surface area (TPSA) is 48.7 Å². The van der Waals surface area contributed by atoms with Crippen LogP contribution in [0, 0.1) is 0 Å². The lowest BCUT2D eigenvalue weighted by atomic mass is 10.1. The Balaban J connectivity index is 1.48. The smallest absolute Gasteiger partial charge is 0.317 e. The summed E-state index contributed by atoms with van der Waals surface area (Å²) in [5.41, 5.74) is 2.59. The number of nitrogens with zero attached hydrogens (tertiary/aromatic N) is 2. The van der Waals surface area contributed by atoms with Crippen molar-refractivity contribution in [1.29, 1.82) is 0 Å². The van der Waals surface area contributed by atoms with Gasteiger partial charge in [0.1, 0.15) is 5.76 Å². The summed E-state index contributed by atoms with van der Waals surface area (Å²) < 4.78 is 5.22. The molecule has 1 fully saturated rings. The molecule has 3 rings (SSSR count). The average Bonchev–Trinajstić information content (AvgIpc) is 3.13. The lowest BCUT2D eigenvalue weighted by Gasteiger charge is -2.36. The Kier molecular flexibility index (Phi) is 4.86. The van der Waals surface area contributed by atoms with Gasteiger partial charge in [0.05, 0.1) is 12.8 Å². The van der Waals surface area contributed by atoms with Crippen LogP contribution in [-0.4, -0.2) is 37.1 Å². The van der Waals surface area contributed by atoms with Crippen LogP contribution in [0.15, 0.2) is 47.1 Å². The molecule has 1 aliphatic heterocycles. The number of rotatable bonds is 4. The molecule has 0 bridgehead atoms. The van der Waals surface area contributed by atoms with Crippen LogP contribution >= 0.6 is 0 Å². The Hall–Kier alpha value is -2.43. The first-order valence-corrected chi connectivity index (χ1v) is 8.15. The van der Waals surface area contributed by atoms with E-state index in [1.165, 1.54) is 11.3 Å². The molecular formula is C18H23N3O2. The predicted molar refractivity (Wildman–Crippen MR) is 90.5 cm³/mol. The highest BCUT2D eigenvalue weighted by molar-refractivity contribution is 5.74. The largest absolute Gasteiger partial charge is 0.467 e. The Labute approximate surface area is 136 Å². The molecule has 0 saturated carbocycles. The number of benzene rings is 1. The summed E-state index contributed by atoms with van der Waals surface area (Å²) in [6, 6.07) is 12.4. The number of piperazine rings is 1. The lowest BCUT2D eigenvalue weighted by molar-refractivity contribution is 0.193. The molecule has 0 unspecified atom stereocenters. The van der Waals surface area contributed by atoms with Gasteiger partial charge in [-0.3, -0.25) is 0 Å². The van der Waals surface area contributed by atoms with Crippen molar-refractivity contribution >= 4 is 11.7 Å². The minimum atomic E-state index is -0.0256. The lowest BCUT2D eigenvalue weighted by Crippen LogP contribution is -2.51. The summed E-state index contributed by atoms with van der Waals surface area (Å²) in [7, 11) is 0. The number of anilines is 1. The Morgan fingerprint density at radius 2 is 1.87 bits per heavy atom. The minimum absolute atomic E-state index is 0.0256. The van der Waals surface area contributed by atoms with Crippen molar-refractivity contribution in [3.8, 4) is 0 Å². The quantitative estimate of drug-likeness (QED) is 0.944. The third kappa shape index (κ3) is 3.86. The van der Waals surface area contributed by atoms with Gasteiger partial charge in [-0.05, 0) is 36.2 Å². The maximum atomic E-state index is 12.2. The fourth-order valence-corrected chi connectivity index (χ4v) is 2.80. The first-order chi connectivity index (χ1) is 11.3. The van der Waals surface area contributed by atoms with E-state index in [-0.39, 0.29) is 6.03 Å². The third-order valence-corrected chi connectivity index (χ3v) is 4.27. The fraction of sp³-hybridized carbons (Fsp3) is 0.389. The highest BCUT2D eigenvalue weighted by Gasteiger charge is 2.21. The molecule has 1 aromatic carbocycles. The highest BCUT2D eigenvalue weighted by atomic mass is 16.3. The molecule has 5 heteroatoms. The van der Waals surface area contributed by atoms with Gasteiger partial charge in [0.25, 0.3) is 0 Å². The minimum Gasteiger partial charge on any atom is -0.467 e. The van der Waals surface area contributed by atoms with Crippen LogP contribution in [0.5, 0.6) is 0 Å². The monoisotopic (exact) mass is 313 g/mol. The number of aryl methyl sites for hydroxylation is 1. The van der Waals surface area contributed by atoms with Crippen molar-refractivity contribution in [2.24, 2.45) is 0 Å². The molecule has 1 aromatic heterocycles. The molecule has 1 saturated heterocycles. The number of urea groups is 1. The van der Waals surface area contributed by atoms with E-state index in [2.05, 4.69) is 41.4 Å². The molecule has 2 heterocycles. The summed E-state index contributed by atoms with van der Waals surface area (Å²) in [5, 5.41) is 2.90. The molecule has 1 N–H and O–H groups in total. The van der Waals surface area contributed by atoms with E-state index in [0.29, 0.717) is 6.54 Å². The van der Waals surface area contributed by atoms with Crippen LogP contribution in [0.25, 0.3) is 0 Å². The zero-order valence-corrected chi connectivity index (χ0v) is 13.5. The van der Waals surface area contributed by atoms with Crippen molar-refractivity contribution in [1.82, 2.24) is 10.2 Å². The average molecular weight is 313 g/mol. The van der Waals surface area contributed by atoms with E-state index in [9.17, 15) is 4.79 Å². The molecule has 2 aromatic rings. The molecule has 0 aliphatic carbocycles. The molecule has 0 atom stereocenters. The van der Waals surface area contributed by atoms with Crippen molar-refractivity contribution < 1.29 is 9.21 Å². The zero-order valence-electron chi connectivity index (χ0n) is 13.5. The normalized spacial score (nSPS) is 14.8. The van der Waals surface area contributed by atoms with Gasteiger partial charge in [0.15, 0.2) is 0 Å². The van der Waals surface area contributed by atoms with E-state index >= 15 is 0 Å². The van der Waals surface area contributed by atoms with E-state index in [1.807, 2.05) is 17.0 Å². The standard InChI is InChI=1S/C18H23N3O2/c1-2-15-5-7-16(8-6-15)20-9-11-21(12-10-20)18(22)19-14-17-4-3-13-23-17/h3-8,13H,2,9-12,14H2,1H3,(H,19,22). The first kappa shape index (κ1) is 15.5. The van der Waals surface area contributed by atoms with E-state index in [1.54, 1.807) is 6.26 Å². The van der Waals surface area contributed by atoms with Gasteiger partial charge in [-0.25, -0.2) is 4.79 Å². The predicted octanol–water partition coefficient (Wildman–Crippen LogP) is 2.87. The molecule has 2 amide bonds. The number of furan rings is 1. The molecular weight excluding hydrogens is 290 g/mol. The van der Waals surface area contributed by atoms with Gasteiger partial charge in [0, 0.05) is 31.9 Å². The Morgan fingerprint density at radius 3 is 2.48 bits per heavy atom. The Morgan fingerprint density at radius 1 is 1.13 bits per heavy atom. The van der Waals surface area contributed by atoms with Crippen molar-refractivity contribution in [3.63, 3.8) is 0 Å². The molecule has 23 heavy (non-hydrogen) atoms. The number of hydrogen-bond donors (Lipinski definition) is 1. The van der Waals surface area contributed by atoms with Crippen LogP contribution in [0.3, 0.4) is 0 Å². The number of amides is 2. The van der Waals surface area contributed by atoms with Crippen LogP contribution in [0.1, 0.15) is 18.2 Å². The van der Waals surface area contributed by atoms with Gasteiger partial charge in [-0.2, -0.15) is 0 Å². The molecule has 0 radical (unpaired) electrons. The molecule has 1 aliphatic rings. The van der Waals surface area contributed by atoms with Crippen LogP contribution in [0.2, 0.25) is 0 Å².